The van der Waals surface area contributed by atoms with Gasteiger partial charge in [0.25, 0.3) is 0 Å². The van der Waals surface area contributed by atoms with Crippen LogP contribution in [-0.4, -0.2) is 19.9 Å². The van der Waals surface area contributed by atoms with E-state index in [1.807, 2.05) is 20.0 Å². The van der Waals surface area contributed by atoms with Crippen LogP contribution in [-0.2, 0) is 12.8 Å². The van der Waals surface area contributed by atoms with Crippen molar-refractivity contribution in [2.24, 2.45) is 7.05 Å². The number of anilines is 1. The zero-order valence-corrected chi connectivity index (χ0v) is 9.28. The van der Waals surface area contributed by atoms with Gasteiger partial charge >= 0.3 is 0 Å². The van der Waals surface area contributed by atoms with Gasteiger partial charge in [0.2, 0.25) is 5.95 Å². The molecular formula is C8H11N5OS. The first kappa shape index (κ1) is 10.0. The van der Waals surface area contributed by atoms with Gasteiger partial charge in [0.1, 0.15) is 5.76 Å². The second-order valence-corrected chi connectivity index (χ2v) is 4.06. The van der Waals surface area contributed by atoms with Gasteiger partial charge in [0.15, 0.2) is 5.16 Å². The summed E-state index contributed by atoms with van der Waals surface area (Å²) in [6.45, 7) is 1.86. The van der Waals surface area contributed by atoms with Crippen molar-refractivity contribution < 1.29 is 4.52 Å². The summed E-state index contributed by atoms with van der Waals surface area (Å²) in [4.78, 5) is 0. The first-order chi connectivity index (χ1) is 7.16. The lowest BCUT2D eigenvalue weighted by molar-refractivity contribution is 0.393. The molecule has 2 rings (SSSR count). The molecule has 0 radical (unpaired) electrons. The Balaban J connectivity index is 2.02. The summed E-state index contributed by atoms with van der Waals surface area (Å²) in [5.41, 5.74) is 6.44. The predicted octanol–water partition coefficient (Wildman–Crippen LogP) is 0.986. The third kappa shape index (κ3) is 2.12. The number of hydrogen-bond acceptors (Lipinski definition) is 6. The Labute approximate surface area is 90.8 Å². The summed E-state index contributed by atoms with van der Waals surface area (Å²) < 4.78 is 6.69. The Kier molecular flexibility index (Phi) is 2.63. The van der Waals surface area contributed by atoms with Gasteiger partial charge in [-0.3, -0.25) is 4.57 Å². The van der Waals surface area contributed by atoms with Crippen LogP contribution >= 0.6 is 11.8 Å². The van der Waals surface area contributed by atoms with Crippen molar-refractivity contribution in [1.29, 1.82) is 0 Å². The van der Waals surface area contributed by atoms with Gasteiger partial charge in [0, 0.05) is 18.9 Å². The summed E-state index contributed by atoms with van der Waals surface area (Å²) in [6.07, 6.45) is 0. The zero-order chi connectivity index (χ0) is 10.8. The minimum Gasteiger partial charge on any atom is -0.368 e. The third-order valence-corrected chi connectivity index (χ3v) is 2.95. The number of nitrogen functional groups attached to an aromatic ring is 1. The Morgan fingerprint density at radius 3 is 2.87 bits per heavy atom. The lowest BCUT2D eigenvalue weighted by Gasteiger charge is -1.98. The van der Waals surface area contributed by atoms with Crippen LogP contribution < -0.4 is 5.73 Å². The molecule has 0 aliphatic carbocycles. The molecule has 6 nitrogen and oxygen atoms in total. The number of nitrogens with two attached hydrogens (primary N) is 1. The fraction of sp³-hybridized carbons (Fsp3) is 0.375. The second-order valence-electron chi connectivity index (χ2n) is 3.12. The van der Waals surface area contributed by atoms with Crippen LogP contribution in [0, 0.1) is 6.92 Å². The van der Waals surface area contributed by atoms with Crippen molar-refractivity contribution in [3.63, 3.8) is 0 Å². The first-order valence-electron chi connectivity index (χ1n) is 4.36. The van der Waals surface area contributed by atoms with Crippen LogP contribution in [0.5, 0.6) is 0 Å². The molecule has 0 unspecified atom stereocenters. The maximum Gasteiger partial charge on any atom is 0.222 e. The van der Waals surface area contributed by atoms with E-state index < -0.39 is 0 Å². The van der Waals surface area contributed by atoms with Gasteiger partial charge in [-0.1, -0.05) is 16.9 Å². The minimum atomic E-state index is 0.411. The summed E-state index contributed by atoms with van der Waals surface area (Å²) >= 11 is 1.52. The molecule has 15 heavy (non-hydrogen) atoms. The normalized spacial score (nSPS) is 10.8. The Morgan fingerprint density at radius 1 is 1.53 bits per heavy atom. The minimum absolute atomic E-state index is 0.411. The van der Waals surface area contributed by atoms with Crippen molar-refractivity contribution in [3.8, 4) is 0 Å². The van der Waals surface area contributed by atoms with E-state index in [0.717, 1.165) is 16.6 Å². The van der Waals surface area contributed by atoms with Crippen LogP contribution in [0.3, 0.4) is 0 Å². The molecule has 0 saturated carbocycles. The highest BCUT2D eigenvalue weighted by molar-refractivity contribution is 7.98. The van der Waals surface area contributed by atoms with E-state index >= 15 is 0 Å². The maximum absolute atomic E-state index is 5.56. The van der Waals surface area contributed by atoms with E-state index in [1.165, 1.54) is 11.8 Å². The lowest BCUT2D eigenvalue weighted by atomic mass is 10.4. The number of aromatic nitrogens is 4. The summed E-state index contributed by atoms with van der Waals surface area (Å²) in [6, 6.07) is 1.90. The molecule has 0 fully saturated rings. The standard InChI is InChI=1S/C8H11N5OS/c1-5-3-6(12-14-5)4-15-8-11-10-7(9)13(8)2/h3H,4H2,1-2H3,(H2,9,10). The fourth-order valence-corrected chi connectivity index (χ4v) is 1.88. The van der Waals surface area contributed by atoms with Gasteiger partial charge in [-0.25, -0.2) is 0 Å². The molecule has 80 valence electrons. The van der Waals surface area contributed by atoms with Gasteiger partial charge in [-0.15, -0.1) is 10.2 Å². The van der Waals surface area contributed by atoms with Crippen LogP contribution in [0.25, 0.3) is 0 Å². The quantitative estimate of drug-likeness (QED) is 0.784. The molecule has 0 spiro atoms. The smallest absolute Gasteiger partial charge is 0.222 e. The highest BCUT2D eigenvalue weighted by Gasteiger charge is 2.07. The van der Waals surface area contributed by atoms with E-state index in [0.29, 0.717) is 11.7 Å². The van der Waals surface area contributed by atoms with Crippen LogP contribution in [0.2, 0.25) is 0 Å². The number of hydrogen-bond donors (Lipinski definition) is 1. The molecule has 2 aromatic heterocycles. The van der Waals surface area contributed by atoms with Gasteiger partial charge in [-0.2, -0.15) is 0 Å². The summed E-state index contributed by atoms with van der Waals surface area (Å²) in [7, 11) is 1.83. The number of nitrogens with zero attached hydrogens (tertiary/aromatic N) is 4. The van der Waals surface area contributed by atoms with Crippen LogP contribution in [0.15, 0.2) is 15.7 Å². The molecule has 0 aromatic carbocycles. The van der Waals surface area contributed by atoms with Crippen molar-refractivity contribution >= 4 is 17.7 Å². The third-order valence-electron chi connectivity index (χ3n) is 1.89. The first-order valence-corrected chi connectivity index (χ1v) is 5.35. The molecule has 2 aromatic rings. The van der Waals surface area contributed by atoms with Gasteiger partial charge in [-0.05, 0) is 6.92 Å². The molecule has 2 N–H and O–H groups in total. The molecule has 0 amide bonds. The Hall–Kier alpha value is -1.50. The van der Waals surface area contributed by atoms with Crippen molar-refractivity contribution in [2.45, 2.75) is 17.8 Å². The molecule has 7 heteroatoms. The number of thioether (sulfide) groups is 1. The summed E-state index contributed by atoms with van der Waals surface area (Å²) in [5.74, 6) is 1.92. The largest absolute Gasteiger partial charge is 0.368 e. The molecule has 0 saturated heterocycles. The van der Waals surface area contributed by atoms with Crippen molar-refractivity contribution in [2.75, 3.05) is 5.73 Å². The van der Waals surface area contributed by atoms with E-state index in [9.17, 15) is 0 Å². The van der Waals surface area contributed by atoms with Crippen LogP contribution in [0.1, 0.15) is 11.5 Å². The van der Waals surface area contributed by atoms with Crippen molar-refractivity contribution in [1.82, 2.24) is 19.9 Å². The highest BCUT2D eigenvalue weighted by atomic mass is 32.2. The lowest BCUT2D eigenvalue weighted by Crippen LogP contribution is -1.98. The van der Waals surface area contributed by atoms with E-state index in [4.69, 9.17) is 10.3 Å². The summed E-state index contributed by atoms with van der Waals surface area (Å²) in [5, 5.41) is 12.3. The van der Waals surface area contributed by atoms with Crippen molar-refractivity contribution in [3.05, 3.63) is 17.5 Å². The monoisotopic (exact) mass is 225 g/mol. The second kappa shape index (κ2) is 3.93. The van der Waals surface area contributed by atoms with E-state index in [2.05, 4.69) is 15.4 Å². The number of rotatable bonds is 3. The van der Waals surface area contributed by atoms with E-state index in [-0.39, 0.29) is 0 Å². The zero-order valence-electron chi connectivity index (χ0n) is 8.47. The van der Waals surface area contributed by atoms with Gasteiger partial charge < -0.3 is 10.3 Å². The van der Waals surface area contributed by atoms with Gasteiger partial charge in [0.05, 0.1) is 5.69 Å². The molecule has 0 atom stereocenters. The molecule has 0 bridgehead atoms. The fourth-order valence-electron chi connectivity index (χ4n) is 1.08. The predicted molar refractivity (Wildman–Crippen MR) is 56.2 cm³/mol. The number of aryl methyl sites for hydroxylation is 1. The molecule has 0 aliphatic heterocycles. The molecule has 2 heterocycles. The molecular weight excluding hydrogens is 214 g/mol. The Morgan fingerprint density at radius 2 is 2.33 bits per heavy atom. The SMILES string of the molecule is Cc1cc(CSc2nnc(N)n2C)no1. The van der Waals surface area contributed by atoms with E-state index in [1.54, 1.807) is 4.57 Å². The average Bonchev–Trinajstić information content (AvgIpc) is 2.74. The average molecular weight is 225 g/mol. The Bertz CT molecular complexity index is 463. The highest BCUT2D eigenvalue weighted by Crippen LogP contribution is 2.21. The maximum atomic E-state index is 5.56. The topological polar surface area (TPSA) is 82.8 Å². The molecule has 0 aliphatic rings. The van der Waals surface area contributed by atoms with Crippen LogP contribution in [0.4, 0.5) is 5.95 Å².